The predicted octanol–water partition coefficient (Wildman–Crippen LogP) is 15.9. The van der Waals surface area contributed by atoms with Gasteiger partial charge in [-0.05, 0) is 146 Å². The lowest BCUT2D eigenvalue weighted by Gasteiger charge is -2.45. The van der Waals surface area contributed by atoms with E-state index >= 15 is 0 Å². The van der Waals surface area contributed by atoms with Crippen LogP contribution >= 0.6 is 0 Å². The van der Waals surface area contributed by atoms with E-state index in [1.807, 2.05) is 0 Å². The van der Waals surface area contributed by atoms with E-state index in [4.69, 9.17) is 0 Å². The van der Waals surface area contributed by atoms with Gasteiger partial charge in [0.05, 0.1) is 16.8 Å². The second kappa shape index (κ2) is 17.1. The Morgan fingerprint density at radius 3 is 1.09 bits per heavy atom. The maximum Gasteiger partial charge on any atom is 0.180 e. The lowest BCUT2D eigenvalue weighted by molar-refractivity contribution is 0.753. The van der Waals surface area contributed by atoms with Gasteiger partial charge in [0.1, 0.15) is 0 Å². The molecule has 2 heterocycles. The number of rotatable bonds is 7. The third-order valence-electron chi connectivity index (χ3n) is 16.6. The largest absolute Gasteiger partial charge is 0.310 e. The Morgan fingerprint density at radius 1 is 0.240 bits per heavy atom. The number of benzene rings is 12. The summed E-state index contributed by atoms with van der Waals surface area (Å²) >= 11 is 0. The van der Waals surface area contributed by atoms with Crippen LogP contribution in [0, 0.1) is 0 Å². The van der Waals surface area contributed by atoms with Crippen LogP contribution in [0.1, 0.15) is 22.3 Å². The van der Waals surface area contributed by atoms with Crippen molar-refractivity contribution in [2.24, 2.45) is 0 Å². The maximum atomic E-state index is 2.59. The Balaban J connectivity index is 1.04. The van der Waals surface area contributed by atoms with Gasteiger partial charge in [-0.2, -0.15) is 0 Å². The third kappa shape index (κ3) is 6.30. The minimum atomic E-state index is -2.72. The quantitative estimate of drug-likeness (QED) is 0.144. The second-order valence-corrected chi connectivity index (χ2v) is 24.0. The monoisotopic (exact) mass is 967 g/mol. The van der Waals surface area contributed by atoms with Crippen LogP contribution in [0.3, 0.4) is 0 Å². The molecule has 0 N–H and O–H groups in total. The van der Waals surface area contributed by atoms with Gasteiger partial charge in [0.25, 0.3) is 0 Å². The van der Waals surface area contributed by atoms with Crippen LogP contribution < -0.4 is 25.6 Å². The zero-order valence-electron chi connectivity index (χ0n) is 41.2. The smallest absolute Gasteiger partial charge is 0.180 e. The lowest BCUT2D eigenvalue weighted by Crippen LogP contribution is -2.72. The molecule has 0 fully saturated rings. The van der Waals surface area contributed by atoms with Gasteiger partial charge in [0, 0.05) is 5.69 Å². The van der Waals surface area contributed by atoms with Gasteiger partial charge in [0.2, 0.25) is 0 Å². The molecule has 0 radical (unpaired) electrons. The topological polar surface area (TPSA) is 3.24 Å². The van der Waals surface area contributed by atoms with E-state index in [0.29, 0.717) is 0 Å². The zero-order chi connectivity index (χ0) is 49.5. The summed E-state index contributed by atoms with van der Waals surface area (Å²) in [7, 11) is -2.72. The van der Waals surface area contributed by atoms with E-state index in [1.54, 1.807) is 0 Å². The molecule has 12 aromatic rings. The highest BCUT2D eigenvalue weighted by molar-refractivity contribution is 7.22. The highest BCUT2D eigenvalue weighted by atomic mass is 28.3. The summed E-state index contributed by atoms with van der Waals surface area (Å²) in [5, 5.41) is 5.67. The molecular formula is C73H49NSi. The van der Waals surface area contributed by atoms with Gasteiger partial charge in [-0.25, -0.2) is 0 Å². The van der Waals surface area contributed by atoms with Crippen LogP contribution in [0.5, 0.6) is 0 Å². The van der Waals surface area contributed by atoms with E-state index < -0.39 is 13.5 Å². The van der Waals surface area contributed by atoms with Crippen LogP contribution in [0.4, 0.5) is 17.1 Å². The molecule has 0 saturated heterocycles. The third-order valence-corrected chi connectivity index (χ3v) is 21.5. The van der Waals surface area contributed by atoms with Gasteiger partial charge in [-0.3, -0.25) is 0 Å². The summed E-state index contributed by atoms with van der Waals surface area (Å²) in [5.41, 5.74) is 22.8. The molecule has 15 rings (SSSR count). The molecular weight excluding hydrogens is 919 g/mol. The summed E-state index contributed by atoms with van der Waals surface area (Å²) in [5.74, 6) is 0. The summed E-state index contributed by atoms with van der Waals surface area (Å²) < 4.78 is 0. The van der Waals surface area contributed by atoms with Crippen LogP contribution in [-0.2, 0) is 5.41 Å². The molecule has 0 bridgehead atoms. The Morgan fingerprint density at radius 2 is 0.613 bits per heavy atom. The SMILES string of the molecule is c1ccc(-c2ccccc2-c2ccc3c(c2)C2(c4ccccc4-c4ccccc42)c2cc(-c4ccccc4-c4ccccc4)ccc2N3c2ccc3c(c2)-c2ccccc2[Si]3(c2ccccc2)c2ccccc2)cc1. The average molecular weight is 968 g/mol. The molecule has 3 aliphatic rings. The molecule has 1 spiro atoms. The summed E-state index contributed by atoms with van der Waals surface area (Å²) in [4.78, 5) is 2.59. The van der Waals surface area contributed by atoms with E-state index in [0.717, 1.165) is 5.69 Å². The Labute approximate surface area is 440 Å². The molecule has 12 aromatic carbocycles. The number of nitrogens with zero attached hydrogens (tertiary/aromatic N) is 1. The molecule has 0 atom stereocenters. The Bertz CT molecular complexity index is 3960. The van der Waals surface area contributed by atoms with Crippen molar-refractivity contribution in [3.8, 4) is 66.8 Å². The van der Waals surface area contributed by atoms with Gasteiger partial charge in [-0.15, -0.1) is 0 Å². The van der Waals surface area contributed by atoms with Crippen molar-refractivity contribution in [2.75, 3.05) is 4.90 Å². The molecule has 0 saturated carbocycles. The first kappa shape index (κ1) is 43.3. The zero-order valence-corrected chi connectivity index (χ0v) is 42.2. The van der Waals surface area contributed by atoms with E-state index in [1.165, 1.54) is 121 Å². The minimum absolute atomic E-state index is 0.671. The van der Waals surface area contributed by atoms with Crippen molar-refractivity contribution in [3.63, 3.8) is 0 Å². The van der Waals surface area contributed by atoms with E-state index in [9.17, 15) is 0 Å². The number of anilines is 3. The van der Waals surface area contributed by atoms with E-state index in [-0.39, 0.29) is 0 Å². The highest BCUT2D eigenvalue weighted by Crippen LogP contribution is 2.64. The first-order valence-electron chi connectivity index (χ1n) is 26.2. The van der Waals surface area contributed by atoms with Crippen molar-refractivity contribution < 1.29 is 0 Å². The lowest BCUT2D eigenvalue weighted by atomic mass is 9.64. The van der Waals surface area contributed by atoms with Gasteiger partial charge >= 0.3 is 0 Å². The summed E-state index contributed by atoms with van der Waals surface area (Å²) in [6.07, 6.45) is 0. The van der Waals surface area contributed by atoms with E-state index in [2.05, 4.69) is 302 Å². The van der Waals surface area contributed by atoms with Crippen molar-refractivity contribution in [2.45, 2.75) is 5.41 Å². The summed E-state index contributed by atoms with van der Waals surface area (Å²) in [6.45, 7) is 0. The van der Waals surface area contributed by atoms with Crippen LogP contribution in [0.2, 0.25) is 0 Å². The molecule has 1 aliphatic carbocycles. The molecule has 0 amide bonds. The first-order valence-corrected chi connectivity index (χ1v) is 28.2. The Hall–Kier alpha value is -9.34. The van der Waals surface area contributed by atoms with Crippen molar-refractivity contribution >= 4 is 45.9 Å². The van der Waals surface area contributed by atoms with Gasteiger partial charge in [0.15, 0.2) is 8.07 Å². The fraction of sp³-hybridized carbons (Fsp3) is 0.0137. The van der Waals surface area contributed by atoms with Crippen molar-refractivity contribution in [1.29, 1.82) is 0 Å². The average Bonchev–Trinajstić information content (AvgIpc) is 4.06. The molecule has 0 aromatic heterocycles. The summed E-state index contributed by atoms with van der Waals surface area (Å²) in [6, 6.07) is 112. The van der Waals surface area contributed by atoms with Crippen LogP contribution in [0.25, 0.3) is 66.8 Å². The normalized spacial score (nSPS) is 13.8. The highest BCUT2D eigenvalue weighted by Gasteiger charge is 2.53. The van der Waals surface area contributed by atoms with Crippen LogP contribution in [-0.4, -0.2) is 8.07 Å². The Kier molecular flexibility index (Phi) is 9.88. The molecule has 2 heteroatoms. The van der Waals surface area contributed by atoms with Crippen molar-refractivity contribution in [3.05, 3.63) is 320 Å². The van der Waals surface area contributed by atoms with Gasteiger partial charge < -0.3 is 4.90 Å². The fourth-order valence-corrected chi connectivity index (χ4v) is 18.7. The number of fused-ring (bicyclic) bond motifs is 12. The fourth-order valence-electron chi connectivity index (χ4n) is 13.6. The molecule has 2 aliphatic heterocycles. The maximum absolute atomic E-state index is 2.72. The molecule has 1 nitrogen and oxygen atoms in total. The molecule has 350 valence electrons. The molecule has 75 heavy (non-hydrogen) atoms. The number of hydrogen-bond donors (Lipinski definition) is 0. The number of hydrogen-bond acceptors (Lipinski definition) is 1. The van der Waals surface area contributed by atoms with Crippen LogP contribution in [0.15, 0.2) is 297 Å². The molecule has 0 unspecified atom stereocenters. The minimum Gasteiger partial charge on any atom is -0.310 e. The standard InChI is InChI=1S/C73H49NSi/c1-5-23-50(24-6-1)57-31-13-15-33-59(57)52-41-44-69-67(47-52)73(65-38-20-17-35-61(65)62-36-18-21-39-66(62)73)68-48-53(60-34-16-14-32-58(60)51-25-7-2-8-26-51)42-45-70(68)74(69)54-43-46-72-64(49-54)63-37-19-22-40-71(63)75(72,55-27-9-3-10-28-55)56-29-11-4-12-30-56/h1-49H. The predicted molar refractivity (Wildman–Crippen MR) is 316 cm³/mol. The second-order valence-electron chi connectivity index (χ2n) is 20.2. The van der Waals surface area contributed by atoms with Crippen molar-refractivity contribution in [1.82, 2.24) is 0 Å². The first-order chi connectivity index (χ1) is 37.2. The van der Waals surface area contributed by atoms with Gasteiger partial charge in [-0.1, -0.05) is 261 Å².